The van der Waals surface area contributed by atoms with E-state index in [0.717, 1.165) is 43.4 Å². The summed E-state index contributed by atoms with van der Waals surface area (Å²) in [6.45, 7) is 11.1. The standard InChI is InChI=1S/C24H40O3/c1-21(2,25)15-27-20-9-8-18-17-7-6-16-14-22(3,26)12-13-23(16,4)19(17)10-11-24(18,20)5/h6,17-20,25-26H,7-15H2,1-5H3/t17?,18?,19?,20?,22-,23?,24?/m0/s1. The van der Waals surface area contributed by atoms with Gasteiger partial charge >= 0.3 is 0 Å². The SMILES string of the molecule is CC(C)(O)COC1CCC2C3CC=C4C[C@@](C)(O)CCC4(C)C3CCC12C. The lowest BCUT2D eigenvalue weighted by molar-refractivity contribution is -0.122. The van der Waals surface area contributed by atoms with E-state index in [1.165, 1.54) is 31.3 Å². The van der Waals surface area contributed by atoms with Gasteiger partial charge in [0.2, 0.25) is 0 Å². The van der Waals surface area contributed by atoms with Crippen molar-refractivity contribution in [3.05, 3.63) is 11.6 Å². The summed E-state index contributed by atoms with van der Waals surface area (Å²) in [5, 5.41) is 20.7. The van der Waals surface area contributed by atoms with Crippen molar-refractivity contribution in [2.75, 3.05) is 6.61 Å². The van der Waals surface area contributed by atoms with Crippen LogP contribution in [0.25, 0.3) is 0 Å². The van der Waals surface area contributed by atoms with Gasteiger partial charge in [-0.2, -0.15) is 0 Å². The van der Waals surface area contributed by atoms with E-state index in [1.807, 2.05) is 20.8 Å². The normalized spacial score (nSPS) is 49.8. The second-order valence-corrected chi connectivity index (χ2v) is 11.7. The van der Waals surface area contributed by atoms with Gasteiger partial charge in [-0.3, -0.25) is 0 Å². The van der Waals surface area contributed by atoms with Crippen LogP contribution in [0.2, 0.25) is 0 Å². The lowest BCUT2D eigenvalue weighted by Crippen LogP contribution is -2.52. The Morgan fingerprint density at radius 2 is 1.81 bits per heavy atom. The number of ether oxygens (including phenoxy) is 1. The molecule has 154 valence electrons. The molecule has 6 unspecified atom stereocenters. The molecule has 0 aliphatic heterocycles. The summed E-state index contributed by atoms with van der Waals surface area (Å²) in [4.78, 5) is 0. The average Bonchev–Trinajstić information content (AvgIpc) is 2.89. The molecule has 4 rings (SSSR count). The maximum absolute atomic E-state index is 10.6. The Labute approximate surface area is 165 Å². The first-order valence-electron chi connectivity index (χ1n) is 11.2. The van der Waals surface area contributed by atoms with Gasteiger partial charge in [0.1, 0.15) is 0 Å². The van der Waals surface area contributed by atoms with Crippen molar-refractivity contribution in [1.29, 1.82) is 0 Å². The molecular formula is C24H40O3. The van der Waals surface area contributed by atoms with Crippen LogP contribution in [0.4, 0.5) is 0 Å². The summed E-state index contributed by atoms with van der Waals surface area (Å²) in [5.41, 5.74) is 0.828. The predicted octanol–water partition coefficient (Wildman–Crippen LogP) is 4.86. The Hall–Kier alpha value is -0.380. The van der Waals surface area contributed by atoms with Gasteiger partial charge in [0.25, 0.3) is 0 Å². The zero-order chi connectivity index (χ0) is 19.7. The monoisotopic (exact) mass is 376 g/mol. The molecule has 0 aromatic heterocycles. The van der Waals surface area contributed by atoms with Crippen LogP contribution >= 0.6 is 0 Å². The highest BCUT2D eigenvalue weighted by Gasteiger charge is 2.59. The molecule has 0 saturated heterocycles. The van der Waals surface area contributed by atoms with Gasteiger partial charge in [0.05, 0.1) is 23.9 Å². The molecule has 0 bridgehead atoms. The molecule has 0 spiro atoms. The van der Waals surface area contributed by atoms with Gasteiger partial charge in [-0.1, -0.05) is 25.5 Å². The van der Waals surface area contributed by atoms with Crippen molar-refractivity contribution in [3.63, 3.8) is 0 Å². The molecule has 3 heteroatoms. The largest absolute Gasteiger partial charge is 0.390 e. The molecule has 0 heterocycles. The van der Waals surface area contributed by atoms with Crippen LogP contribution in [0.15, 0.2) is 11.6 Å². The minimum Gasteiger partial charge on any atom is -0.390 e. The van der Waals surface area contributed by atoms with E-state index < -0.39 is 11.2 Å². The molecule has 0 amide bonds. The van der Waals surface area contributed by atoms with Gasteiger partial charge in [0.15, 0.2) is 0 Å². The van der Waals surface area contributed by atoms with Crippen LogP contribution in [-0.4, -0.2) is 34.1 Å². The Balaban J connectivity index is 1.55. The van der Waals surface area contributed by atoms with Gasteiger partial charge in [-0.05, 0) is 101 Å². The van der Waals surface area contributed by atoms with Crippen LogP contribution in [0.5, 0.6) is 0 Å². The second-order valence-electron chi connectivity index (χ2n) is 11.7. The first-order valence-corrected chi connectivity index (χ1v) is 11.2. The summed E-state index contributed by atoms with van der Waals surface area (Å²) in [7, 11) is 0. The van der Waals surface area contributed by atoms with Gasteiger partial charge < -0.3 is 14.9 Å². The maximum Gasteiger partial charge on any atom is 0.0824 e. The molecule has 4 aliphatic carbocycles. The van der Waals surface area contributed by atoms with Crippen LogP contribution in [0.1, 0.15) is 86.0 Å². The van der Waals surface area contributed by atoms with Crippen LogP contribution in [-0.2, 0) is 4.74 Å². The third kappa shape index (κ3) is 3.32. The highest BCUT2D eigenvalue weighted by Crippen LogP contribution is 2.65. The van der Waals surface area contributed by atoms with E-state index in [2.05, 4.69) is 19.9 Å². The number of aliphatic hydroxyl groups is 2. The molecule has 0 aromatic rings. The molecule has 3 saturated carbocycles. The molecule has 3 nitrogen and oxygen atoms in total. The second kappa shape index (κ2) is 6.31. The predicted molar refractivity (Wildman–Crippen MR) is 108 cm³/mol. The molecule has 0 radical (unpaired) electrons. The summed E-state index contributed by atoms with van der Waals surface area (Å²) in [6, 6.07) is 0. The summed E-state index contributed by atoms with van der Waals surface area (Å²) < 4.78 is 6.28. The molecule has 0 aromatic carbocycles. The van der Waals surface area contributed by atoms with Gasteiger partial charge in [-0.15, -0.1) is 0 Å². The summed E-state index contributed by atoms with van der Waals surface area (Å²) >= 11 is 0. The summed E-state index contributed by atoms with van der Waals surface area (Å²) in [6.07, 6.45) is 11.9. The first kappa shape index (κ1) is 19.9. The Kier molecular flexibility index (Phi) is 4.65. The maximum atomic E-state index is 10.6. The third-order valence-electron chi connectivity index (χ3n) is 8.93. The fourth-order valence-corrected chi connectivity index (χ4v) is 7.33. The number of allylic oxidation sites excluding steroid dienone is 1. The smallest absolute Gasteiger partial charge is 0.0824 e. The molecule has 3 fully saturated rings. The molecule has 2 N–H and O–H groups in total. The average molecular weight is 377 g/mol. The lowest BCUT2D eigenvalue weighted by atomic mass is 9.47. The van der Waals surface area contributed by atoms with Crippen molar-refractivity contribution in [2.45, 2.75) is 103 Å². The van der Waals surface area contributed by atoms with E-state index in [-0.39, 0.29) is 5.41 Å². The van der Waals surface area contributed by atoms with Crippen LogP contribution in [0.3, 0.4) is 0 Å². The van der Waals surface area contributed by atoms with E-state index in [4.69, 9.17) is 4.74 Å². The quantitative estimate of drug-likeness (QED) is 0.692. The minimum absolute atomic E-state index is 0.258. The Bertz CT molecular complexity index is 616. The van der Waals surface area contributed by atoms with Gasteiger partial charge in [-0.25, -0.2) is 0 Å². The van der Waals surface area contributed by atoms with E-state index in [9.17, 15) is 10.2 Å². The lowest BCUT2D eigenvalue weighted by Gasteiger charge is -2.58. The van der Waals surface area contributed by atoms with Crippen molar-refractivity contribution in [2.24, 2.45) is 28.6 Å². The number of hydrogen-bond acceptors (Lipinski definition) is 3. The molecular weight excluding hydrogens is 336 g/mol. The topological polar surface area (TPSA) is 49.7 Å². The Morgan fingerprint density at radius 1 is 1.07 bits per heavy atom. The zero-order valence-electron chi connectivity index (χ0n) is 18.1. The van der Waals surface area contributed by atoms with Crippen molar-refractivity contribution >= 4 is 0 Å². The highest BCUT2D eigenvalue weighted by atomic mass is 16.5. The van der Waals surface area contributed by atoms with Gasteiger partial charge in [0, 0.05) is 0 Å². The number of fused-ring (bicyclic) bond motifs is 5. The number of rotatable bonds is 3. The van der Waals surface area contributed by atoms with E-state index in [1.54, 1.807) is 0 Å². The molecule has 7 atom stereocenters. The van der Waals surface area contributed by atoms with Crippen molar-refractivity contribution in [1.82, 2.24) is 0 Å². The first-order chi connectivity index (χ1) is 12.4. The van der Waals surface area contributed by atoms with Crippen molar-refractivity contribution in [3.8, 4) is 0 Å². The Morgan fingerprint density at radius 3 is 2.52 bits per heavy atom. The summed E-state index contributed by atoms with van der Waals surface area (Å²) in [5.74, 6) is 2.26. The third-order valence-corrected chi connectivity index (χ3v) is 8.93. The number of hydrogen-bond donors (Lipinski definition) is 2. The fraction of sp³-hybridized carbons (Fsp3) is 0.917. The van der Waals surface area contributed by atoms with Crippen molar-refractivity contribution < 1.29 is 14.9 Å². The van der Waals surface area contributed by atoms with E-state index >= 15 is 0 Å². The molecule has 27 heavy (non-hydrogen) atoms. The fourth-order valence-electron chi connectivity index (χ4n) is 7.33. The highest BCUT2D eigenvalue weighted by molar-refractivity contribution is 5.26. The van der Waals surface area contributed by atoms with Crippen LogP contribution in [0, 0.1) is 28.6 Å². The zero-order valence-corrected chi connectivity index (χ0v) is 18.1. The minimum atomic E-state index is -0.749. The molecule has 4 aliphatic rings. The van der Waals surface area contributed by atoms with Crippen LogP contribution < -0.4 is 0 Å². The van der Waals surface area contributed by atoms with E-state index in [0.29, 0.717) is 18.1 Å².